The van der Waals surface area contributed by atoms with Crippen LogP contribution in [-0.2, 0) is 24.3 Å². The van der Waals surface area contributed by atoms with Crippen molar-refractivity contribution in [2.24, 2.45) is 0 Å². The van der Waals surface area contributed by atoms with Crippen LogP contribution in [0, 0.1) is 19.7 Å². The monoisotopic (exact) mass is 438 g/mol. The number of halogens is 1. The molecule has 0 radical (unpaired) electrons. The topological polar surface area (TPSA) is 108 Å². The summed E-state index contributed by atoms with van der Waals surface area (Å²) < 4.78 is 21.5. The van der Waals surface area contributed by atoms with Crippen LogP contribution in [0.5, 0.6) is 0 Å². The molecule has 0 atom stereocenters. The molecule has 3 heterocycles. The summed E-state index contributed by atoms with van der Waals surface area (Å²) in [5, 5.41) is 11.3. The predicted octanol–water partition coefficient (Wildman–Crippen LogP) is 2.13. The van der Waals surface area contributed by atoms with E-state index in [1.54, 1.807) is 16.8 Å². The van der Waals surface area contributed by atoms with Crippen molar-refractivity contribution in [1.29, 1.82) is 0 Å². The van der Waals surface area contributed by atoms with Crippen molar-refractivity contribution < 1.29 is 13.7 Å². The maximum atomic E-state index is 13.4. The highest BCUT2D eigenvalue weighted by Gasteiger charge is 2.13. The molecule has 0 unspecified atom stereocenters. The van der Waals surface area contributed by atoms with E-state index in [4.69, 9.17) is 4.52 Å². The molecule has 0 saturated heterocycles. The molecular formula is C22H23FN6O3. The zero-order chi connectivity index (χ0) is 22.7. The van der Waals surface area contributed by atoms with Crippen LogP contribution in [0.1, 0.15) is 29.0 Å². The van der Waals surface area contributed by atoms with Gasteiger partial charge >= 0.3 is 0 Å². The van der Waals surface area contributed by atoms with Gasteiger partial charge in [0.05, 0.1) is 25.0 Å². The molecule has 1 N–H and O–H groups in total. The van der Waals surface area contributed by atoms with Crippen molar-refractivity contribution in [2.75, 3.05) is 6.54 Å². The number of rotatable bonds is 8. The van der Waals surface area contributed by atoms with Crippen LogP contribution in [0.3, 0.4) is 0 Å². The van der Waals surface area contributed by atoms with Crippen LogP contribution in [0.4, 0.5) is 4.39 Å². The largest absolute Gasteiger partial charge is 0.361 e. The minimum absolute atomic E-state index is 0.0909. The van der Waals surface area contributed by atoms with E-state index in [9.17, 15) is 14.0 Å². The van der Waals surface area contributed by atoms with Gasteiger partial charge in [0.15, 0.2) is 5.65 Å². The number of carbonyl (C=O) groups excluding carboxylic acids is 1. The second kappa shape index (κ2) is 9.13. The van der Waals surface area contributed by atoms with Gasteiger partial charge in [-0.25, -0.2) is 14.1 Å². The van der Waals surface area contributed by atoms with Crippen molar-refractivity contribution in [1.82, 2.24) is 29.8 Å². The molecule has 0 fully saturated rings. The Bertz CT molecular complexity index is 1300. The molecule has 166 valence electrons. The third-order valence-corrected chi connectivity index (χ3v) is 5.29. The SMILES string of the molecule is Cc1noc(C)c1CCC(=O)NCCn1ncc2c(=O)n(Cc3cccc(F)c3)cnc21. The summed E-state index contributed by atoms with van der Waals surface area (Å²) in [6.45, 7) is 4.62. The minimum atomic E-state index is -0.355. The standard InChI is InChI=1S/C22H23FN6O3/c1-14-18(15(2)32-27-14)6-7-20(30)24-8-9-29-21-19(11-26-29)22(31)28(13-25-21)12-16-4-3-5-17(23)10-16/h3-5,10-11,13H,6-9,12H2,1-2H3,(H,24,30). The highest BCUT2D eigenvalue weighted by atomic mass is 19.1. The second-order valence-electron chi connectivity index (χ2n) is 7.57. The van der Waals surface area contributed by atoms with E-state index in [0.29, 0.717) is 42.5 Å². The molecule has 32 heavy (non-hydrogen) atoms. The number of nitrogens with zero attached hydrogens (tertiary/aromatic N) is 5. The lowest BCUT2D eigenvalue weighted by Crippen LogP contribution is -2.28. The normalized spacial score (nSPS) is 11.2. The molecule has 0 aliphatic rings. The summed E-state index contributed by atoms with van der Waals surface area (Å²) in [5.74, 6) is 0.283. The maximum absolute atomic E-state index is 13.4. The second-order valence-corrected chi connectivity index (χ2v) is 7.57. The minimum Gasteiger partial charge on any atom is -0.361 e. The molecule has 10 heteroatoms. The molecule has 0 aliphatic heterocycles. The van der Waals surface area contributed by atoms with Crippen LogP contribution in [0.25, 0.3) is 11.0 Å². The zero-order valence-corrected chi connectivity index (χ0v) is 17.8. The number of benzene rings is 1. The quantitative estimate of drug-likeness (QED) is 0.452. The van der Waals surface area contributed by atoms with E-state index < -0.39 is 0 Å². The number of carbonyl (C=O) groups is 1. The van der Waals surface area contributed by atoms with E-state index in [-0.39, 0.29) is 23.8 Å². The van der Waals surface area contributed by atoms with Gasteiger partial charge in [-0.3, -0.25) is 14.2 Å². The molecular weight excluding hydrogens is 415 g/mol. The number of hydrogen-bond acceptors (Lipinski definition) is 6. The Morgan fingerprint density at radius 2 is 2.12 bits per heavy atom. The predicted molar refractivity (Wildman–Crippen MR) is 115 cm³/mol. The molecule has 0 spiro atoms. The van der Waals surface area contributed by atoms with Crippen LogP contribution in [-0.4, -0.2) is 36.9 Å². The Balaban J connectivity index is 1.36. The maximum Gasteiger partial charge on any atom is 0.264 e. The molecule has 4 aromatic rings. The zero-order valence-electron chi connectivity index (χ0n) is 17.8. The lowest BCUT2D eigenvalue weighted by Gasteiger charge is -2.08. The summed E-state index contributed by atoms with van der Waals surface area (Å²) in [6, 6.07) is 6.08. The first-order valence-corrected chi connectivity index (χ1v) is 10.3. The lowest BCUT2D eigenvalue weighted by atomic mass is 10.1. The summed E-state index contributed by atoms with van der Waals surface area (Å²) in [5.41, 5.74) is 2.61. The van der Waals surface area contributed by atoms with Gasteiger partial charge in [-0.1, -0.05) is 17.3 Å². The van der Waals surface area contributed by atoms with Gasteiger partial charge < -0.3 is 9.84 Å². The molecule has 9 nitrogen and oxygen atoms in total. The van der Waals surface area contributed by atoms with Gasteiger partial charge in [-0.05, 0) is 38.0 Å². The Labute approximate surface area is 182 Å². The third kappa shape index (κ3) is 4.58. The van der Waals surface area contributed by atoms with E-state index in [0.717, 1.165) is 17.0 Å². The first kappa shape index (κ1) is 21.4. The van der Waals surface area contributed by atoms with Crippen LogP contribution in [0.15, 0.2) is 46.1 Å². The number of nitrogens with one attached hydrogen (secondary N) is 1. The van der Waals surface area contributed by atoms with Crippen molar-refractivity contribution in [2.45, 2.75) is 39.8 Å². The van der Waals surface area contributed by atoms with Crippen molar-refractivity contribution >= 4 is 16.9 Å². The summed E-state index contributed by atoms with van der Waals surface area (Å²) in [4.78, 5) is 29.3. The van der Waals surface area contributed by atoms with E-state index in [2.05, 4.69) is 20.6 Å². The van der Waals surface area contributed by atoms with Crippen LogP contribution < -0.4 is 10.9 Å². The van der Waals surface area contributed by atoms with Crippen LogP contribution >= 0.6 is 0 Å². The number of aryl methyl sites for hydroxylation is 2. The molecule has 4 rings (SSSR count). The molecule has 3 aromatic heterocycles. The summed E-state index contributed by atoms with van der Waals surface area (Å²) >= 11 is 0. The van der Waals surface area contributed by atoms with Gasteiger partial charge in [0, 0.05) is 18.5 Å². The van der Waals surface area contributed by atoms with Gasteiger partial charge in [0.2, 0.25) is 5.91 Å². The lowest BCUT2D eigenvalue weighted by molar-refractivity contribution is -0.121. The van der Waals surface area contributed by atoms with Gasteiger partial charge in [-0.15, -0.1) is 0 Å². The smallest absolute Gasteiger partial charge is 0.264 e. The number of aromatic nitrogens is 5. The van der Waals surface area contributed by atoms with E-state index >= 15 is 0 Å². The highest BCUT2D eigenvalue weighted by molar-refractivity contribution is 5.76. The fourth-order valence-electron chi connectivity index (χ4n) is 3.59. The van der Waals surface area contributed by atoms with Crippen molar-refractivity contribution in [3.63, 3.8) is 0 Å². The summed E-state index contributed by atoms with van der Waals surface area (Å²) in [7, 11) is 0. The molecule has 1 aromatic carbocycles. The van der Waals surface area contributed by atoms with E-state index in [1.807, 2.05) is 13.8 Å². The Hall–Kier alpha value is -3.82. The first-order valence-electron chi connectivity index (χ1n) is 10.3. The average Bonchev–Trinajstić information content (AvgIpc) is 3.32. The number of hydrogen-bond donors (Lipinski definition) is 1. The van der Waals surface area contributed by atoms with Gasteiger partial charge in [0.25, 0.3) is 5.56 Å². The van der Waals surface area contributed by atoms with Crippen molar-refractivity contribution in [3.8, 4) is 0 Å². The molecule has 0 saturated carbocycles. The third-order valence-electron chi connectivity index (χ3n) is 5.29. The Morgan fingerprint density at radius 1 is 1.28 bits per heavy atom. The van der Waals surface area contributed by atoms with Gasteiger partial charge in [0.1, 0.15) is 23.3 Å². The fourth-order valence-corrected chi connectivity index (χ4v) is 3.59. The molecule has 0 aliphatic carbocycles. The Morgan fingerprint density at radius 3 is 2.88 bits per heavy atom. The summed E-state index contributed by atoms with van der Waals surface area (Å²) in [6.07, 6.45) is 3.78. The number of fused-ring (bicyclic) bond motifs is 1. The highest BCUT2D eigenvalue weighted by Crippen LogP contribution is 2.14. The molecule has 0 bridgehead atoms. The number of amides is 1. The Kier molecular flexibility index (Phi) is 6.11. The average molecular weight is 438 g/mol. The van der Waals surface area contributed by atoms with Gasteiger partial charge in [-0.2, -0.15) is 5.10 Å². The molecule has 1 amide bonds. The van der Waals surface area contributed by atoms with E-state index in [1.165, 1.54) is 29.2 Å². The fraction of sp³-hybridized carbons (Fsp3) is 0.318. The van der Waals surface area contributed by atoms with Crippen molar-refractivity contribution in [3.05, 3.63) is 75.5 Å². The van der Waals surface area contributed by atoms with Crippen LogP contribution in [0.2, 0.25) is 0 Å². The first-order chi connectivity index (χ1) is 15.4.